The van der Waals surface area contributed by atoms with Crippen molar-refractivity contribution in [3.05, 3.63) is 79.7 Å². The van der Waals surface area contributed by atoms with Gasteiger partial charge in [0, 0.05) is 8.95 Å². The fourth-order valence-electron chi connectivity index (χ4n) is 4.49. The Bertz CT molecular complexity index is 1380. The topological polar surface area (TPSA) is 35.6 Å². The lowest BCUT2D eigenvalue weighted by atomic mass is 10.1. The Balaban J connectivity index is 1.79. The summed E-state index contributed by atoms with van der Waals surface area (Å²) in [6, 6.07) is 17.4. The molecule has 2 aromatic heterocycles. The van der Waals surface area contributed by atoms with Crippen LogP contribution in [0.3, 0.4) is 0 Å². The molecule has 0 amide bonds. The largest absolute Gasteiger partial charge is 0.317 e. The molecule has 1 aliphatic rings. The van der Waals surface area contributed by atoms with Crippen molar-refractivity contribution in [2.24, 2.45) is 0 Å². The quantitative estimate of drug-likeness (QED) is 0.225. The molecule has 0 radical (unpaired) electrons. The second-order valence-corrected chi connectivity index (χ2v) is 9.75. The summed E-state index contributed by atoms with van der Waals surface area (Å²) in [5, 5.41) is 0. The molecule has 1 aliphatic heterocycles. The van der Waals surface area contributed by atoms with Gasteiger partial charge in [-0.25, -0.2) is 9.97 Å². The summed E-state index contributed by atoms with van der Waals surface area (Å²) in [5.74, 6) is 1.82. The zero-order valence-corrected chi connectivity index (χ0v) is 19.7. The van der Waals surface area contributed by atoms with E-state index >= 15 is 0 Å². The third-order valence-electron chi connectivity index (χ3n) is 5.88. The number of aromatic nitrogens is 4. The van der Waals surface area contributed by atoms with E-state index in [9.17, 15) is 0 Å². The highest BCUT2D eigenvalue weighted by molar-refractivity contribution is 9.11. The van der Waals surface area contributed by atoms with Crippen molar-refractivity contribution in [2.45, 2.75) is 26.9 Å². The average Bonchev–Trinajstić information content (AvgIpc) is 3.21. The Kier molecular flexibility index (Phi) is 3.99. The summed E-state index contributed by atoms with van der Waals surface area (Å²) in [6.45, 7) is 5.80. The smallest absolute Gasteiger partial charge is 0.177 e. The molecular formula is C24H18Br2N4. The molecule has 0 N–H and O–H groups in total. The lowest BCUT2D eigenvalue weighted by Gasteiger charge is -2.19. The summed E-state index contributed by atoms with van der Waals surface area (Å²) in [5.41, 5.74) is 9.25. The lowest BCUT2D eigenvalue weighted by molar-refractivity contribution is 0.739. The van der Waals surface area contributed by atoms with Crippen LogP contribution < -0.4 is 0 Å². The fraction of sp³-hybridized carbons (Fsp3) is 0.167. The Morgan fingerprint density at radius 2 is 1.13 bits per heavy atom. The Morgan fingerprint density at radius 3 is 1.57 bits per heavy atom. The molecule has 4 nitrogen and oxygen atoms in total. The molecule has 0 aliphatic carbocycles. The van der Waals surface area contributed by atoms with E-state index in [0.717, 1.165) is 55.8 Å². The van der Waals surface area contributed by atoms with Gasteiger partial charge in [-0.2, -0.15) is 0 Å². The summed E-state index contributed by atoms with van der Waals surface area (Å²) in [7, 11) is 0. The standard InChI is InChI=1S/C24H18Br2N4/c1-13-7-17(25)21-19(9-13)29-11-15-5-3-4-6-16(15)12-30-20-10-14(2)8-18(26)22(20)28-24(30)23(29)27-21/h3-10H,11-12H2,1-2H3. The first-order valence-corrected chi connectivity index (χ1v) is 11.5. The van der Waals surface area contributed by atoms with Crippen LogP contribution in [0.15, 0.2) is 57.5 Å². The lowest BCUT2D eigenvalue weighted by Crippen LogP contribution is -2.14. The fourth-order valence-corrected chi connectivity index (χ4v) is 5.80. The first kappa shape index (κ1) is 18.3. The molecule has 3 aromatic carbocycles. The van der Waals surface area contributed by atoms with Crippen LogP contribution in [0.5, 0.6) is 0 Å². The molecule has 0 bridgehead atoms. The summed E-state index contributed by atoms with van der Waals surface area (Å²) in [4.78, 5) is 10.1. The van der Waals surface area contributed by atoms with E-state index in [1.54, 1.807) is 0 Å². The Labute approximate surface area is 190 Å². The van der Waals surface area contributed by atoms with Crippen LogP contribution >= 0.6 is 31.9 Å². The maximum Gasteiger partial charge on any atom is 0.177 e. The number of hydrogen-bond donors (Lipinski definition) is 0. The molecular weight excluding hydrogens is 504 g/mol. The molecule has 5 aromatic rings. The molecule has 0 fully saturated rings. The van der Waals surface area contributed by atoms with E-state index in [-0.39, 0.29) is 0 Å². The van der Waals surface area contributed by atoms with Crippen LogP contribution in [0.1, 0.15) is 22.3 Å². The number of imidazole rings is 2. The first-order valence-electron chi connectivity index (χ1n) is 9.89. The van der Waals surface area contributed by atoms with Crippen molar-refractivity contribution in [3.8, 4) is 11.6 Å². The van der Waals surface area contributed by atoms with Gasteiger partial charge in [0.2, 0.25) is 0 Å². The van der Waals surface area contributed by atoms with Crippen molar-refractivity contribution in [2.75, 3.05) is 0 Å². The molecule has 0 spiro atoms. The van der Waals surface area contributed by atoms with Crippen LogP contribution in [0.4, 0.5) is 0 Å². The Hall–Kier alpha value is -2.44. The number of fused-ring (bicyclic) bond motifs is 8. The van der Waals surface area contributed by atoms with Crippen molar-refractivity contribution in [3.63, 3.8) is 0 Å². The van der Waals surface area contributed by atoms with E-state index in [2.05, 4.69) is 103 Å². The number of rotatable bonds is 0. The minimum atomic E-state index is 0.779. The second kappa shape index (κ2) is 6.53. The van der Waals surface area contributed by atoms with Crippen molar-refractivity contribution in [1.82, 2.24) is 19.1 Å². The number of benzene rings is 3. The molecule has 30 heavy (non-hydrogen) atoms. The molecule has 6 rings (SSSR count). The normalized spacial score (nSPS) is 13.1. The number of aryl methyl sites for hydroxylation is 2. The average molecular weight is 522 g/mol. The predicted octanol–water partition coefficient (Wildman–Crippen LogP) is 6.60. The molecule has 148 valence electrons. The number of hydrogen-bond acceptors (Lipinski definition) is 2. The van der Waals surface area contributed by atoms with Crippen molar-refractivity contribution < 1.29 is 0 Å². The van der Waals surface area contributed by atoms with Crippen LogP contribution in [-0.4, -0.2) is 19.1 Å². The van der Waals surface area contributed by atoms with E-state index < -0.39 is 0 Å². The van der Waals surface area contributed by atoms with Crippen molar-refractivity contribution in [1.29, 1.82) is 0 Å². The van der Waals surface area contributed by atoms with Crippen LogP contribution in [-0.2, 0) is 13.1 Å². The maximum atomic E-state index is 5.07. The monoisotopic (exact) mass is 520 g/mol. The van der Waals surface area contributed by atoms with Gasteiger partial charge in [0.1, 0.15) is 11.0 Å². The zero-order chi connectivity index (χ0) is 20.6. The van der Waals surface area contributed by atoms with Gasteiger partial charge in [-0.05, 0) is 92.2 Å². The molecule has 0 saturated carbocycles. The van der Waals surface area contributed by atoms with Crippen LogP contribution in [0.2, 0.25) is 0 Å². The summed E-state index contributed by atoms with van der Waals surface area (Å²) in [6.07, 6.45) is 0. The van der Waals surface area contributed by atoms with Crippen LogP contribution in [0.25, 0.3) is 33.7 Å². The minimum absolute atomic E-state index is 0.779. The van der Waals surface area contributed by atoms with Gasteiger partial charge in [-0.1, -0.05) is 24.3 Å². The SMILES string of the molecule is Cc1cc(Br)c2nc3n(c2c1)Cc1ccccc1Cn1c-3nc2c(Br)cc(C)cc21. The molecule has 6 heteroatoms. The van der Waals surface area contributed by atoms with E-state index in [1.165, 1.54) is 22.3 Å². The van der Waals surface area contributed by atoms with E-state index in [1.807, 2.05) is 0 Å². The van der Waals surface area contributed by atoms with Gasteiger partial charge < -0.3 is 9.13 Å². The van der Waals surface area contributed by atoms with Crippen molar-refractivity contribution >= 4 is 53.9 Å². The third kappa shape index (κ3) is 2.63. The van der Waals surface area contributed by atoms with E-state index in [0.29, 0.717) is 0 Å². The van der Waals surface area contributed by atoms with Gasteiger partial charge in [-0.3, -0.25) is 0 Å². The van der Waals surface area contributed by atoms with Gasteiger partial charge in [-0.15, -0.1) is 0 Å². The maximum absolute atomic E-state index is 5.07. The van der Waals surface area contributed by atoms with Gasteiger partial charge >= 0.3 is 0 Å². The van der Waals surface area contributed by atoms with Crippen LogP contribution in [0, 0.1) is 13.8 Å². The first-order chi connectivity index (χ1) is 14.5. The third-order valence-corrected chi connectivity index (χ3v) is 7.09. The number of nitrogens with zero attached hydrogens (tertiary/aromatic N) is 4. The van der Waals surface area contributed by atoms with Gasteiger partial charge in [0.05, 0.1) is 24.1 Å². The zero-order valence-electron chi connectivity index (χ0n) is 16.6. The predicted molar refractivity (Wildman–Crippen MR) is 128 cm³/mol. The highest BCUT2D eigenvalue weighted by atomic mass is 79.9. The van der Waals surface area contributed by atoms with Gasteiger partial charge in [0.25, 0.3) is 0 Å². The van der Waals surface area contributed by atoms with Gasteiger partial charge in [0.15, 0.2) is 11.6 Å². The second-order valence-electron chi connectivity index (χ2n) is 8.04. The molecule has 0 saturated heterocycles. The Morgan fingerprint density at radius 1 is 0.700 bits per heavy atom. The summed E-state index contributed by atoms with van der Waals surface area (Å²) < 4.78 is 6.65. The summed E-state index contributed by atoms with van der Waals surface area (Å²) >= 11 is 7.46. The molecule has 0 unspecified atom stereocenters. The highest BCUT2D eigenvalue weighted by Crippen LogP contribution is 2.36. The highest BCUT2D eigenvalue weighted by Gasteiger charge is 2.25. The molecule has 0 atom stereocenters. The minimum Gasteiger partial charge on any atom is -0.317 e. The number of halogens is 2. The molecule has 3 heterocycles. The van der Waals surface area contributed by atoms with E-state index in [4.69, 9.17) is 9.97 Å².